The number of hydrogen-bond acceptors (Lipinski definition) is 0. The molecule has 0 radical (unpaired) electrons. The summed E-state index contributed by atoms with van der Waals surface area (Å²) in [6, 6.07) is 32.1. The SMILES string of the molecule is Cc1cc2c(cc1C(C)(C)C)-c1cc(C(C)(C)C)c(C)[c](/[Zr]([C]3=CC=CC3)=[C](\c3cccc(Cl)c3)c3cccc4ccccc34)c1C2. The zero-order chi connectivity index (χ0) is 33.2. The normalized spacial score (nSPS) is 14.7. The van der Waals surface area contributed by atoms with Gasteiger partial charge >= 0.3 is 296 Å². The summed E-state index contributed by atoms with van der Waals surface area (Å²) in [4.78, 5) is 0. The molecule has 2 aliphatic carbocycles. The average molecular weight is 713 g/mol. The zero-order valence-electron chi connectivity index (χ0n) is 29.1. The first-order valence-electron chi connectivity index (χ1n) is 17.0. The molecule has 2 aliphatic rings. The maximum atomic E-state index is 6.82. The van der Waals surface area contributed by atoms with Crippen LogP contribution < -0.4 is 3.27 Å². The van der Waals surface area contributed by atoms with Gasteiger partial charge in [0.15, 0.2) is 0 Å². The van der Waals surface area contributed by atoms with Gasteiger partial charge in [-0.3, -0.25) is 0 Å². The second kappa shape index (κ2) is 12.1. The summed E-state index contributed by atoms with van der Waals surface area (Å²) in [6.45, 7) is 19.0. The first kappa shape index (κ1) is 32.4. The molecule has 5 aromatic rings. The molecule has 0 fully saturated rings. The van der Waals surface area contributed by atoms with Gasteiger partial charge in [-0.15, -0.1) is 0 Å². The number of hydrogen-bond donors (Lipinski definition) is 0. The minimum absolute atomic E-state index is 0.0143. The number of rotatable bonds is 4. The molecule has 5 aromatic carbocycles. The van der Waals surface area contributed by atoms with E-state index in [9.17, 15) is 0 Å². The number of benzene rings is 5. The Kier molecular flexibility index (Phi) is 8.34. The molecule has 0 heterocycles. The van der Waals surface area contributed by atoms with Gasteiger partial charge in [-0.1, -0.05) is 0 Å². The van der Waals surface area contributed by atoms with E-state index in [4.69, 9.17) is 11.6 Å². The van der Waals surface area contributed by atoms with Crippen LogP contribution in [0.5, 0.6) is 0 Å². The average Bonchev–Trinajstić information content (AvgIpc) is 3.66. The summed E-state index contributed by atoms with van der Waals surface area (Å²) in [5.74, 6) is 0. The van der Waals surface area contributed by atoms with E-state index in [-0.39, 0.29) is 10.8 Å². The van der Waals surface area contributed by atoms with Crippen LogP contribution in [0.25, 0.3) is 21.9 Å². The molecule has 0 aliphatic heterocycles. The molecule has 0 unspecified atom stereocenters. The van der Waals surface area contributed by atoms with Crippen LogP contribution in [0.4, 0.5) is 0 Å². The van der Waals surface area contributed by atoms with Gasteiger partial charge in [0, 0.05) is 0 Å². The molecule has 7 rings (SSSR count). The second-order valence-corrected chi connectivity index (χ2v) is 21.9. The van der Waals surface area contributed by atoms with E-state index in [0.717, 1.165) is 17.9 Å². The van der Waals surface area contributed by atoms with Gasteiger partial charge in [0.25, 0.3) is 0 Å². The minimum atomic E-state index is -2.94. The van der Waals surface area contributed by atoms with E-state index in [1.165, 1.54) is 64.0 Å². The fraction of sp³-hybridized carbons (Fsp3) is 0.267. The second-order valence-electron chi connectivity index (χ2n) is 15.6. The van der Waals surface area contributed by atoms with Gasteiger partial charge < -0.3 is 0 Å². The molecule has 0 amide bonds. The fourth-order valence-electron chi connectivity index (χ4n) is 8.14. The van der Waals surface area contributed by atoms with Gasteiger partial charge in [0.05, 0.1) is 0 Å². The van der Waals surface area contributed by atoms with Crippen LogP contribution in [-0.2, 0) is 38.5 Å². The van der Waals surface area contributed by atoms with E-state index >= 15 is 0 Å². The predicted octanol–water partition coefficient (Wildman–Crippen LogP) is 11.6. The van der Waals surface area contributed by atoms with Gasteiger partial charge in [-0.25, -0.2) is 0 Å². The maximum absolute atomic E-state index is 6.82. The topological polar surface area (TPSA) is 0 Å². The first-order valence-corrected chi connectivity index (χ1v) is 21.1. The summed E-state index contributed by atoms with van der Waals surface area (Å²) in [5, 5.41) is 3.41. The third-order valence-corrected chi connectivity index (χ3v) is 18.4. The van der Waals surface area contributed by atoms with Crippen molar-refractivity contribution in [1.82, 2.24) is 0 Å². The van der Waals surface area contributed by atoms with E-state index in [2.05, 4.69) is 152 Å². The molecule has 2 heteroatoms. The monoisotopic (exact) mass is 710 g/mol. The van der Waals surface area contributed by atoms with Crippen molar-refractivity contribution in [3.8, 4) is 11.1 Å². The van der Waals surface area contributed by atoms with Crippen LogP contribution in [0.2, 0.25) is 5.02 Å². The molecular weight excluding hydrogens is 667 g/mol. The Balaban J connectivity index is 1.67. The van der Waals surface area contributed by atoms with Crippen molar-refractivity contribution in [2.75, 3.05) is 0 Å². The molecule has 0 saturated heterocycles. The molecule has 236 valence electrons. The quantitative estimate of drug-likeness (QED) is 0.171. The predicted molar refractivity (Wildman–Crippen MR) is 202 cm³/mol. The zero-order valence-corrected chi connectivity index (χ0v) is 32.3. The van der Waals surface area contributed by atoms with Crippen molar-refractivity contribution in [2.24, 2.45) is 0 Å². The standard InChI is InChI=1S/C23H29.C17H11Cl.C5H5.Zr/c1-14-9-16-11-17-10-15(2)21(23(6,7)8)13-19(17)18(16)12-20(14)22(3,4)5;18-16-9-3-5-13(12-16)11-15-8-4-7-14-6-1-2-10-17(14)15;1-2-4-5-3-1;/h9,12-13H,11H2,1-8H3;1-10,12H;1-3H,4H2;. The molecule has 0 aromatic heterocycles. The number of aryl methyl sites for hydroxylation is 1. The van der Waals surface area contributed by atoms with Crippen molar-refractivity contribution in [3.63, 3.8) is 0 Å². The molecule has 0 saturated carbocycles. The van der Waals surface area contributed by atoms with Crippen molar-refractivity contribution in [3.05, 3.63) is 156 Å². The summed E-state index contributed by atoms with van der Waals surface area (Å²) in [6.07, 6.45) is 9.15. The number of halogens is 1. The Labute approximate surface area is 294 Å². The summed E-state index contributed by atoms with van der Waals surface area (Å²) in [5.41, 5.74) is 14.5. The Hall–Kier alpha value is -3.12. The van der Waals surface area contributed by atoms with Gasteiger partial charge in [-0.2, -0.15) is 0 Å². The molecule has 0 spiro atoms. The van der Waals surface area contributed by atoms with E-state index in [1.807, 2.05) is 6.07 Å². The molecule has 0 N–H and O–H groups in total. The number of allylic oxidation sites excluding steroid dienone is 4. The third-order valence-electron chi connectivity index (χ3n) is 10.2. The Morgan fingerprint density at radius 3 is 2.15 bits per heavy atom. The van der Waals surface area contributed by atoms with Gasteiger partial charge in [0.2, 0.25) is 0 Å². The number of fused-ring (bicyclic) bond motifs is 4. The third kappa shape index (κ3) is 5.83. The first-order chi connectivity index (χ1) is 22.3. The van der Waals surface area contributed by atoms with Crippen molar-refractivity contribution >= 4 is 28.9 Å². The van der Waals surface area contributed by atoms with Crippen molar-refractivity contribution < 1.29 is 21.3 Å². The molecule has 47 heavy (non-hydrogen) atoms. The summed E-state index contributed by atoms with van der Waals surface area (Å²) < 4.78 is 4.83. The van der Waals surface area contributed by atoms with Gasteiger partial charge in [0.1, 0.15) is 0 Å². The van der Waals surface area contributed by atoms with Gasteiger partial charge in [-0.05, 0) is 0 Å². The van der Waals surface area contributed by atoms with Crippen LogP contribution in [0.15, 0.2) is 106 Å². The van der Waals surface area contributed by atoms with E-state index in [0.29, 0.717) is 0 Å². The van der Waals surface area contributed by atoms with E-state index < -0.39 is 21.3 Å². The van der Waals surface area contributed by atoms with E-state index in [1.54, 1.807) is 12.1 Å². The van der Waals surface area contributed by atoms with Crippen LogP contribution in [0.1, 0.15) is 92.5 Å². The fourth-order valence-corrected chi connectivity index (χ4v) is 16.8. The summed E-state index contributed by atoms with van der Waals surface area (Å²) in [7, 11) is 0. The Morgan fingerprint density at radius 1 is 0.745 bits per heavy atom. The van der Waals surface area contributed by atoms with Crippen LogP contribution in [-0.4, -0.2) is 3.21 Å². The molecular formula is C45H45ClZr. The van der Waals surface area contributed by atoms with Crippen LogP contribution in [0, 0.1) is 13.8 Å². The van der Waals surface area contributed by atoms with Crippen molar-refractivity contribution in [1.29, 1.82) is 0 Å². The Bertz CT molecular complexity index is 2170. The van der Waals surface area contributed by atoms with Crippen molar-refractivity contribution in [2.45, 2.75) is 79.1 Å². The molecule has 0 bridgehead atoms. The van der Waals surface area contributed by atoms with Crippen LogP contribution in [0.3, 0.4) is 0 Å². The Morgan fingerprint density at radius 2 is 1.45 bits per heavy atom. The molecule has 0 nitrogen and oxygen atoms in total. The summed E-state index contributed by atoms with van der Waals surface area (Å²) >= 11 is 3.89. The molecule has 0 atom stereocenters. The van der Waals surface area contributed by atoms with Crippen LogP contribution >= 0.6 is 11.6 Å².